The first-order valence-corrected chi connectivity index (χ1v) is 9.90. The lowest BCUT2D eigenvalue weighted by Gasteiger charge is -2.17. The van der Waals surface area contributed by atoms with Crippen molar-refractivity contribution in [3.63, 3.8) is 0 Å². The average Bonchev–Trinajstić information content (AvgIpc) is 3.15. The number of carbonyl (C=O) groups is 1. The van der Waals surface area contributed by atoms with Crippen molar-refractivity contribution in [2.75, 3.05) is 0 Å². The first-order valence-electron chi connectivity index (χ1n) is 9.90. The van der Waals surface area contributed by atoms with E-state index in [1.807, 2.05) is 60.7 Å². The van der Waals surface area contributed by atoms with Gasteiger partial charge in [0, 0.05) is 23.1 Å². The quantitative estimate of drug-likeness (QED) is 0.512. The van der Waals surface area contributed by atoms with Gasteiger partial charge in [-0.15, -0.1) is 0 Å². The van der Waals surface area contributed by atoms with Gasteiger partial charge in [0.2, 0.25) is 5.91 Å². The number of aromatic nitrogens is 2. The Kier molecular flexibility index (Phi) is 5.48. The Morgan fingerprint density at radius 2 is 1.83 bits per heavy atom. The zero-order valence-corrected chi connectivity index (χ0v) is 16.9. The number of furan rings is 1. The fourth-order valence-electron chi connectivity index (χ4n) is 3.63. The van der Waals surface area contributed by atoms with Crippen LogP contribution >= 0.6 is 0 Å². The summed E-state index contributed by atoms with van der Waals surface area (Å²) in [7, 11) is 0. The predicted molar refractivity (Wildman–Crippen MR) is 115 cm³/mol. The lowest BCUT2D eigenvalue weighted by Crippen LogP contribution is -2.30. The molecule has 2 aromatic carbocycles. The summed E-state index contributed by atoms with van der Waals surface area (Å²) >= 11 is 0. The molecule has 2 heterocycles. The second-order valence-electron chi connectivity index (χ2n) is 7.31. The number of H-pyrrole nitrogens is 1. The standard InChI is InChI=1S/C24H23N3O3/c1-15-19(24(29)26-16(2)25-15)12-13-22(28)27-23(17-8-4-3-5-9-17)21-14-18-10-6-7-11-20(18)30-21/h3-11,14,23H,12-13H2,1-2H3,(H,27,28)(H,25,26,29). The molecule has 152 valence electrons. The number of nitrogens with one attached hydrogen (secondary N) is 2. The van der Waals surface area contributed by atoms with Gasteiger partial charge in [-0.05, 0) is 38.0 Å². The third-order valence-corrected chi connectivity index (χ3v) is 5.11. The largest absolute Gasteiger partial charge is 0.459 e. The van der Waals surface area contributed by atoms with E-state index in [-0.39, 0.29) is 17.9 Å². The Hall–Kier alpha value is -3.67. The molecule has 30 heavy (non-hydrogen) atoms. The van der Waals surface area contributed by atoms with E-state index < -0.39 is 6.04 Å². The van der Waals surface area contributed by atoms with Crippen molar-refractivity contribution >= 4 is 16.9 Å². The highest BCUT2D eigenvalue weighted by molar-refractivity contribution is 5.80. The van der Waals surface area contributed by atoms with Gasteiger partial charge in [-0.25, -0.2) is 4.98 Å². The van der Waals surface area contributed by atoms with Crippen molar-refractivity contribution < 1.29 is 9.21 Å². The zero-order chi connectivity index (χ0) is 21.1. The maximum absolute atomic E-state index is 12.8. The van der Waals surface area contributed by atoms with Crippen molar-refractivity contribution in [1.29, 1.82) is 0 Å². The molecule has 0 bridgehead atoms. The summed E-state index contributed by atoms with van der Waals surface area (Å²) in [4.78, 5) is 32.0. The minimum absolute atomic E-state index is 0.163. The number of hydrogen-bond acceptors (Lipinski definition) is 4. The maximum Gasteiger partial charge on any atom is 0.254 e. The van der Waals surface area contributed by atoms with E-state index in [1.54, 1.807) is 13.8 Å². The van der Waals surface area contributed by atoms with Crippen LogP contribution < -0.4 is 10.9 Å². The molecule has 6 heteroatoms. The van der Waals surface area contributed by atoms with E-state index in [1.165, 1.54) is 0 Å². The molecule has 0 saturated carbocycles. The zero-order valence-electron chi connectivity index (χ0n) is 16.9. The molecule has 0 fully saturated rings. The van der Waals surface area contributed by atoms with Gasteiger partial charge < -0.3 is 14.7 Å². The second-order valence-corrected chi connectivity index (χ2v) is 7.31. The fraction of sp³-hybridized carbons (Fsp3) is 0.208. The van der Waals surface area contributed by atoms with Crippen molar-refractivity contribution in [2.24, 2.45) is 0 Å². The number of rotatable bonds is 6. The molecule has 0 aliphatic rings. The summed E-state index contributed by atoms with van der Waals surface area (Å²) in [6.45, 7) is 3.53. The Morgan fingerprint density at radius 3 is 2.57 bits per heavy atom. The lowest BCUT2D eigenvalue weighted by molar-refractivity contribution is -0.121. The number of carbonyl (C=O) groups excluding carboxylic acids is 1. The van der Waals surface area contributed by atoms with E-state index >= 15 is 0 Å². The molecule has 6 nitrogen and oxygen atoms in total. The van der Waals surface area contributed by atoms with Crippen LogP contribution in [0.25, 0.3) is 11.0 Å². The van der Waals surface area contributed by atoms with Crippen LogP contribution in [-0.4, -0.2) is 15.9 Å². The molecule has 1 amide bonds. The number of fused-ring (bicyclic) bond motifs is 1. The van der Waals surface area contributed by atoms with Gasteiger partial charge in [0.25, 0.3) is 5.56 Å². The number of aryl methyl sites for hydroxylation is 2. The van der Waals surface area contributed by atoms with Crippen LogP contribution in [0.15, 0.2) is 69.9 Å². The normalized spacial score (nSPS) is 12.1. The molecule has 4 aromatic rings. The molecule has 2 N–H and O–H groups in total. The predicted octanol–water partition coefficient (Wildman–Crippen LogP) is 3.97. The Morgan fingerprint density at radius 1 is 1.10 bits per heavy atom. The van der Waals surface area contributed by atoms with Crippen molar-refractivity contribution in [2.45, 2.75) is 32.7 Å². The SMILES string of the molecule is Cc1nc(C)c(CCC(=O)NC(c2ccccc2)c2cc3ccccc3o2)c(=O)[nH]1. The van der Waals surface area contributed by atoms with E-state index in [0.717, 1.165) is 16.5 Å². The Balaban J connectivity index is 1.56. The summed E-state index contributed by atoms with van der Waals surface area (Å²) < 4.78 is 6.02. The number of aromatic amines is 1. The van der Waals surface area contributed by atoms with Crippen LogP contribution in [-0.2, 0) is 11.2 Å². The summed E-state index contributed by atoms with van der Waals surface area (Å²) in [5.74, 6) is 1.07. The van der Waals surface area contributed by atoms with Gasteiger partial charge in [0.15, 0.2) is 0 Å². The van der Waals surface area contributed by atoms with Gasteiger partial charge >= 0.3 is 0 Å². The lowest BCUT2D eigenvalue weighted by atomic mass is 10.0. The van der Waals surface area contributed by atoms with Crippen LogP contribution in [0.4, 0.5) is 0 Å². The van der Waals surface area contributed by atoms with Crippen molar-refractivity contribution in [1.82, 2.24) is 15.3 Å². The van der Waals surface area contributed by atoms with E-state index in [9.17, 15) is 9.59 Å². The van der Waals surface area contributed by atoms with Gasteiger partial charge in [0.05, 0.1) is 0 Å². The first kappa shape index (κ1) is 19.6. The average molecular weight is 401 g/mol. The molecule has 0 spiro atoms. The van der Waals surface area contributed by atoms with Crippen LogP contribution in [0.5, 0.6) is 0 Å². The van der Waals surface area contributed by atoms with Crippen LogP contribution in [0.3, 0.4) is 0 Å². The van der Waals surface area contributed by atoms with E-state index in [0.29, 0.717) is 29.3 Å². The van der Waals surface area contributed by atoms with E-state index in [4.69, 9.17) is 4.42 Å². The van der Waals surface area contributed by atoms with Gasteiger partial charge in [-0.3, -0.25) is 9.59 Å². The molecule has 4 rings (SSSR count). The Bertz CT molecular complexity index is 1210. The summed E-state index contributed by atoms with van der Waals surface area (Å²) in [6.07, 6.45) is 0.500. The summed E-state index contributed by atoms with van der Waals surface area (Å²) in [6, 6.07) is 19.0. The number of hydrogen-bond donors (Lipinski definition) is 2. The molecular weight excluding hydrogens is 378 g/mol. The highest BCUT2D eigenvalue weighted by Gasteiger charge is 2.21. The molecule has 0 aliphatic carbocycles. The minimum Gasteiger partial charge on any atom is -0.459 e. The third-order valence-electron chi connectivity index (χ3n) is 5.11. The molecule has 1 atom stereocenters. The number of amides is 1. The van der Waals surface area contributed by atoms with Crippen LogP contribution in [0.1, 0.15) is 40.9 Å². The second kappa shape index (κ2) is 8.37. The van der Waals surface area contributed by atoms with Gasteiger partial charge in [0.1, 0.15) is 23.2 Å². The van der Waals surface area contributed by atoms with E-state index in [2.05, 4.69) is 15.3 Å². The van der Waals surface area contributed by atoms with Crippen LogP contribution in [0, 0.1) is 13.8 Å². The molecule has 0 saturated heterocycles. The first-order chi connectivity index (χ1) is 14.5. The summed E-state index contributed by atoms with van der Waals surface area (Å²) in [5.41, 5.74) is 2.70. The molecule has 0 aliphatic heterocycles. The van der Waals surface area contributed by atoms with Gasteiger partial charge in [-0.2, -0.15) is 0 Å². The summed E-state index contributed by atoms with van der Waals surface area (Å²) in [5, 5.41) is 4.05. The molecular formula is C24H23N3O3. The molecule has 0 radical (unpaired) electrons. The van der Waals surface area contributed by atoms with Crippen LogP contribution in [0.2, 0.25) is 0 Å². The smallest absolute Gasteiger partial charge is 0.254 e. The monoisotopic (exact) mass is 401 g/mol. The number of nitrogens with zero attached hydrogens (tertiary/aromatic N) is 1. The van der Waals surface area contributed by atoms with Gasteiger partial charge in [-0.1, -0.05) is 48.5 Å². The molecule has 2 aromatic heterocycles. The van der Waals surface area contributed by atoms with Crippen molar-refractivity contribution in [3.05, 3.63) is 99.4 Å². The highest BCUT2D eigenvalue weighted by atomic mass is 16.3. The Labute approximate surface area is 174 Å². The maximum atomic E-state index is 12.8. The van der Waals surface area contributed by atoms with Crippen molar-refractivity contribution in [3.8, 4) is 0 Å². The molecule has 1 unspecified atom stereocenters. The third kappa shape index (κ3) is 4.17. The number of benzene rings is 2. The minimum atomic E-state index is -0.415. The fourth-order valence-corrected chi connectivity index (χ4v) is 3.63. The highest BCUT2D eigenvalue weighted by Crippen LogP contribution is 2.28. The number of para-hydroxylation sites is 1. The topological polar surface area (TPSA) is 88.0 Å².